The number of carbonyl (C=O) groups is 4. The third kappa shape index (κ3) is 15.2. The van der Waals surface area contributed by atoms with Crippen LogP contribution in [0.25, 0.3) is 90.9 Å². The Morgan fingerprint density at radius 2 is 0.581 bits per heavy atom. The van der Waals surface area contributed by atoms with Crippen LogP contribution in [0.15, 0.2) is 97.1 Å². The van der Waals surface area contributed by atoms with Crippen molar-refractivity contribution in [2.24, 2.45) is 0 Å². The van der Waals surface area contributed by atoms with Gasteiger partial charge in [-0.15, -0.1) is 22.1 Å². The van der Waals surface area contributed by atoms with Gasteiger partial charge in [0.2, 0.25) is 0 Å². The van der Waals surface area contributed by atoms with E-state index in [2.05, 4.69) is 141 Å². The number of hydrogen-bond acceptors (Lipinski definition) is 10. The Bertz CT molecular complexity index is 3860. The third-order valence-electron chi connectivity index (χ3n) is 17.1. The first-order valence-electron chi connectivity index (χ1n) is 31.2. The van der Waals surface area contributed by atoms with Gasteiger partial charge < -0.3 is 50.2 Å². The van der Waals surface area contributed by atoms with Crippen LogP contribution in [0, 0.1) is 0 Å². The van der Waals surface area contributed by atoms with E-state index >= 15 is 0 Å². The molecule has 1 radical (unpaired) electrons. The van der Waals surface area contributed by atoms with Crippen molar-refractivity contribution in [3.63, 3.8) is 0 Å². The molecule has 9 rings (SSSR count). The molecule has 0 fully saturated rings. The number of nitrogens with one attached hydrogen (secondary N) is 4. The Hall–Kier alpha value is -8.29. The van der Waals surface area contributed by atoms with E-state index in [4.69, 9.17) is 38.9 Å². The number of hydrogen-bond donors (Lipinski definition) is 4. The minimum absolute atomic E-state index is 0. The molecule has 0 saturated carbocycles. The van der Waals surface area contributed by atoms with Crippen molar-refractivity contribution in [3.05, 3.63) is 142 Å². The molecular weight excluding hydrogens is 1210 g/mol. The number of ether oxygens (including phenoxy) is 4. The molecule has 5 heterocycles. The fraction of sp³-hybridized carbons (Fsp3) is 0.368. The molecular formula is C76H88CoN8O8. The van der Waals surface area contributed by atoms with Crippen LogP contribution in [-0.2, 0) is 76.6 Å². The number of aromatic nitrogens is 4. The van der Waals surface area contributed by atoms with Crippen molar-refractivity contribution < 1.29 is 54.9 Å². The average Bonchev–Trinajstić information content (AvgIpc) is 1.66. The molecule has 3 aromatic heterocycles. The molecule has 4 aromatic carbocycles. The van der Waals surface area contributed by atoms with Gasteiger partial charge in [0.1, 0.15) is 24.4 Å². The molecule has 17 heteroatoms. The van der Waals surface area contributed by atoms with E-state index in [0.717, 1.165) is 33.4 Å². The summed E-state index contributed by atoms with van der Waals surface area (Å²) in [5.74, 6) is -1.68. The molecule has 2 aliphatic heterocycles. The van der Waals surface area contributed by atoms with Gasteiger partial charge in [-0.1, -0.05) is 156 Å². The van der Waals surface area contributed by atoms with Crippen LogP contribution in [0.4, 0.5) is 22.7 Å². The van der Waals surface area contributed by atoms with Crippen LogP contribution >= 0.6 is 0 Å². The van der Waals surface area contributed by atoms with E-state index in [-0.39, 0.29) is 38.4 Å². The van der Waals surface area contributed by atoms with Gasteiger partial charge in [0.25, 0.3) is 23.6 Å². The number of benzene rings is 4. The second-order valence-electron chi connectivity index (χ2n) is 27.9. The molecule has 7 aromatic rings. The van der Waals surface area contributed by atoms with Crippen molar-refractivity contribution in [1.29, 1.82) is 0 Å². The van der Waals surface area contributed by atoms with E-state index in [1.165, 1.54) is 28.4 Å². The molecule has 4 atom stereocenters. The summed E-state index contributed by atoms with van der Waals surface area (Å²) in [6.45, 7) is 33.0. The number of anilines is 4. The van der Waals surface area contributed by atoms with Crippen molar-refractivity contribution in [2.45, 2.75) is 157 Å². The Balaban J connectivity index is 0.0000111. The molecule has 489 valence electrons. The zero-order valence-corrected chi connectivity index (χ0v) is 58.3. The molecule has 4 N–H and O–H groups in total. The Morgan fingerprint density at radius 1 is 0.355 bits per heavy atom. The maximum atomic E-state index is 14.1. The van der Waals surface area contributed by atoms with Crippen LogP contribution < -0.4 is 31.2 Å². The number of amides is 4. The average molecular weight is 1300 g/mol. The zero-order chi connectivity index (χ0) is 67.1. The summed E-state index contributed by atoms with van der Waals surface area (Å²) < 4.78 is 22.2. The summed E-state index contributed by atoms with van der Waals surface area (Å²) in [4.78, 5) is 79.2. The smallest absolute Gasteiger partial charge is 0.657 e. The second kappa shape index (κ2) is 27.7. The summed E-state index contributed by atoms with van der Waals surface area (Å²) >= 11 is 0. The SMILES string of the molecule is CO[C@@H](C)C(=O)Nc1cccc(NC(=O)[C@H](C)OC)c1-c1c2nc(c(-c3cc(C(C)(C)C)cc(C(C)(C)C)c3)c3ccc([n-]3)c(-c3c(NC(=O)[C@H](C)OC)cccc3NC(=O)[C@H](C)OC)c3nc(c(-c4cc(C(C)(C)C)cc(C(C)(C)C)c4)c4ccc1[n-]4)C=C3)C=C2.[Co+2]. The van der Waals surface area contributed by atoms with E-state index < -0.39 is 48.0 Å². The van der Waals surface area contributed by atoms with Crippen LogP contribution in [-0.4, -0.2) is 86.5 Å². The Labute approximate surface area is 557 Å². The number of rotatable bonds is 16. The summed E-state index contributed by atoms with van der Waals surface area (Å²) in [5.41, 5.74) is 13.7. The van der Waals surface area contributed by atoms with Crippen LogP contribution in [0.2, 0.25) is 0 Å². The van der Waals surface area contributed by atoms with E-state index in [1.807, 2.05) is 48.6 Å². The van der Waals surface area contributed by atoms with Gasteiger partial charge in [0.15, 0.2) is 0 Å². The molecule has 0 spiro atoms. The topological polar surface area (TPSA) is 207 Å². The largest absolute Gasteiger partial charge is 2.00 e. The monoisotopic (exact) mass is 1300 g/mol. The summed E-state index contributed by atoms with van der Waals surface area (Å²) in [6.07, 6.45) is 4.41. The number of fused-ring (bicyclic) bond motifs is 8. The van der Waals surface area contributed by atoms with Gasteiger partial charge >= 0.3 is 16.8 Å². The molecule has 0 unspecified atom stereocenters. The maximum absolute atomic E-state index is 14.1. The molecule has 0 aliphatic carbocycles. The zero-order valence-electron chi connectivity index (χ0n) is 57.2. The van der Waals surface area contributed by atoms with Gasteiger partial charge in [-0.2, -0.15) is 0 Å². The van der Waals surface area contributed by atoms with E-state index in [0.29, 0.717) is 101 Å². The van der Waals surface area contributed by atoms with Gasteiger partial charge in [0.05, 0.1) is 45.5 Å². The summed E-state index contributed by atoms with van der Waals surface area (Å²) in [5, 5.41) is 12.5. The van der Waals surface area contributed by atoms with E-state index in [9.17, 15) is 19.2 Å². The predicted octanol–water partition coefficient (Wildman–Crippen LogP) is 15.7. The van der Waals surface area contributed by atoms with Gasteiger partial charge in [-0.25, -0.2) is 9.97 Å². The van der Waals surface area contributed by atoms with Crippen molar-refractivity contribution in [1.82, 2.24) is 19.9 Å². The summed E-state index contributed by atoms with van der Waals surface area (Å²) in [7, 11) is 5.89. The van der Waals surface area contributed by atoms with Gasteiger partial charge in [-0.05, 0) is 154 Å². The molecule has 93 heavy (non-hydrogen) atoms. The molecule has 2 aliphatic rings. The minimum Gasteiger partial charge on any atom is -0.657 e. The fourth-order valence-corrected chi connectivity index (χ4v) is 10.9. The number of carbonyl (C=O) groups excluding carboxylic acids is 4. The van der Waals surface area contributed by atoms with Crippen molar-refractivity contribution in [3.8, 4) is 44.5 Å². The normalized spacial score (nSPS) is 13.8. The van der Waals surface area contributed by atoms with Gasteiger partial charge in [-0.3, -0.25) is 19.2 Å². The maximum Gasteiger partial charge on any atom is 2.00 e. The standard InChI is InChI=1S/C76H90N8O8.Co/c1-41(89-17)69(85)81-51-23-21-24-52(82-70(86)42(2)90-18)65(51)67-59-31-27-55(77-59)63(45-35-47(73(5,6)7)39-48(36-45)74(8,9)10)57-29-33-61(79-57)68(66-53(83-71(87)43(3)91-19)25-22-26-54(66)84-72(88)44(4)92-20)62-34-30-58(80-62)64(56-28-32-60(67)78-56)46-37-49(75(11,12)13)40-50(38-46)76(14,15)16;/h21-44H,1-20H3,(H6,77,78,79,80,81,82,83,84,85,86,87,88);/q;+2/p-2/t41-,42-,43-,44-;/m0./s1. The van der Waals surface area contributed by atoms with Crippen LogP contribution in [0.5, 0.6) is 0 Å². The second-order valence-corrected chi connectivity index (χ2v) is 27.9. The first-order valence-corrected chi connectivity index (χ1v) is 31.2. The van der Waals surface area contributed by atoms with Crippen molar-refractivity contribution in [2.75, 3.05) is 49.7 Å². The molecule has 0 saturated heterocycles. The first-order chi connectivity index (χ1) is 43.2. The van der Waals surface area contributed by atoms with E-state index in [1.54, 1.807) is 64.1 Å². The summed E-state index contributed by atoms with van der Waals surface area (Å²) in [6, 6.07) is 31.8. The van der Waals surface area contributed by atoms with Crippen LogP contribution in [0.3, 0.4) is 0 Å². The predicted molar refractivity (Wildman–Crippen MR) is 374 cm³/mol. The first kappa shape index (κ1) is 70.6. The van der Waals surface area contributed by atoms with Crippen LogP contribution in [0.1, 0.15) is 156 Å². The number of methoxy groups -OCH3 is 4. The number of nitrogens with zero attached hydrogens (tertiary/aromatic N) is 4. The Morgan fingerprint density at radius 3 is 0.806 bits per heavy atom. The quantitative estimate of drug-likeness (QED) is 0.0713. The fourth-order valence-electron chi connectivity index (χ4n) is 10.9. The molecule has 8 bridgehead atoms. The minimum atomic E-state index is -0.847. The van der Waals surface area contributed by atoms with Crippen molar-refractivity contribution >= 4 is 92.7 Å². The Kier molecular flexibility index (Phi) is 21.0. The molecule has 16 nitrogen and oxygen atoms in total. The third-order valence-corrected chi connectivity index (χ3v) is 17.1. The molecule has 4 amide bonds. The van der Waals surface area contributed by atoms with Gasteiger partial charge in [0, 0.05) is 39.6 Å².